The van der Waals surface area contributed by atoms with Crippen molar-refractivity contribution in [2.45, 2.75) is 33.6 Å². The molecule has 2 nitrogen and oxygen atoms in total. The van der Waals surface area contributed by atoms with Gasteiger partial charge in [0.25, 0.3) is 0 Å². The van der Waals surface area contributed by atoms with Gasteiger partial charge in [0, 0.05) is 0 Å². The largest absolute Gasteiger partial charge is 0.465 e. The van der Waals surface area contributed by atoms with Crippen LogP contribution in [0.4, 0.5) is 0 Å². The van der Waals surface area contributed by atoms with E-state index < -0.39 is 0 Å². The molecule has 0 amide bonds. The highest BCUT2D eigenvalue weighted by Crippen LogP contribution is 2.30. The van der Waals surface area contributed by atoms with Gasteiger partial charge in [-0.25, -0.2) is 0 Å². The molecular weight excluding hydrogens is 188 g/mol. The molecule has 0 aromatic heterocycles. The predicted molar refractivity (Wildman–Crippen MR) is 61.4 cm³/mol. The number of carbonyl (C=O) groups excluding carboxylic acids is 1. The number of ether oxygens (including phenoxy) is 1. The van der Waals surface area contributed by atoms with Crippen molar-refractivity contribution < 1.29 is 9.53 Å². The summed E-state index contributed by atoms with van der Waals surface area (Å²) in [5, 5.41) is 0. The molecule has 0 bridgehead atoms. The van der Waals surface area contributed by atoms with Crippen LogP contribution in [0.5, 0.6) is 0 Å². The lowest BCUT2D eigenvalue weighted by molar-refractivity contribution is -0.147. The first kappa shape index (κ1) is 12.0. The van der Waals surface area contributed by atoms with Gasteiger partial charge >= 0.3 is 5.97 Å². The van der Waals surface area contributed by atoms with Crippen LogP contribution in [0.3, 0.4) is 0 Å². The SMILES string of the molecule is CC(C)C(=O)OCCC1(C)C=CC=CC1. The quantitative estimate of drug-likeness (QED) is 0.664. The Kier molecular flexibility index (Phi) is 4.13. The van der Waals surface area contributed by atoms with Gasteiger partial charge in [-0.3, -0.25) is 4.79 Å². The van der Waals surface area contributed by atoms with Gasteiger partial charge < -0.3 is 4.74 Å². The molecule has 0 spiro atoms. The van der Waals surface area contributed by atoms with Gasteiger partial charge in [0.15, 0.2) is 0 Å². The fourth-order valence-corrected chi connectivity index (χ4v) is 1.51. The predicted octanol–water partition coefficient (Wildman–Crippen LogP) is 3.10. The molecule has 1 rings (SSSR count). The van der Waals surface area contributed by atoms with Crippen LogP contribution in [0.25, 0.3) is 0 Å². The van der Waals surface area contributed by atoms with E-state index in [1.54, 1.807) is 0 Å². The van der Waals surface area contributed by atoms with Gasteiger partial charge in [-0.15, -0.1) is 0 Å². The lowest BCUT2D eigenvalue weighted by atomic mass is 9.81. The van der Waals surface area contributed by atoms with E-state index in [0.29, 0.717) is 6.61 Å². The van der Waals surface area contributed by atoms with Crippen molar-refractivity contribution in [3.05, 3.63) is 24.3 Å². The Morgan fingerprint density at radius 3 is 2.73 bits per heavy atom. The van der Waals surface area contributed by atoms with E-state index in [9.17, 15) is 4.79 Å². The summed E-state index contributed by atoms with van der Waals surface area (Å²) in [5.74, 6) is -0.131. The molecule has 0 N–H and O–H groups in total. The molecule has 0 aliphatic heterocycles. The molecule has 0 heterocycles. The van der Waals surface area contributed by atoms with Crippen molar-refractivity contribution >= 4 is 5.97 Å². The molecule has 15 heavy (non-hydrogen) atoms. The zero-order chi connectivity index (χ0) is 11.3. The zero-order valence-electron chi connectivity index (χ0n) is 9.82. The van der Waals surface area contributed by atoms with E-state index in [-0.39, 0.29) is 17.3 Å². The number of hydrogen-bond acceptors (Lipinski definition) is 2. The normalized spacial score (nSPS) is 24.5. The molecule has 0 saturated carbocycles. The molecule has 0 fully saturated rings. The number of rotatable bonds is 4. The Hall–Kier alpha value is -1.05. The number of allylic oxidation sites excluding steroid dienone is 4. The second-order valence-electron chi connectivity index (χ2n) is 4.72. The van der Waals surface area contributed by atoms with E-state index in [0.717, 1.165) is 12.8 Å². The van der Waals surface area contributed by atoms with E-state index >= 15 is 0 Å². The third-order valence-electron chi connectivity index (χ3n) is 2.72. The van der Waals surface area contributed by atoms with Crippen LogP contribution >= 0.6 is 0 Å². The van der Waals surface area contributed by atoms with Crippen molar-refractivity contribution in [1.82, 2.24) is 0 Å². The second-order valence-corrected chi connectivity index (χ2v) is 4.72. The van der Waals surface area contributed by atoms with Crippen LogP contribution in [0, 0.1) is 11.3 Å². The minimum Gasteiger partial charge on any atom is -0.465 e. The topological polar surface area (TPSA) is 26.3 Å². The third kappa shape index (κ3) is 3.90. The Bertz CT molecular complexity index is 276. The summed E-state index contributed by atoms with van der Waals surface area (Å²) in [6, 6.07) is 0. The summed E-state index contributed by atoms with van der Waals surface area (Å²) in [7, 11) is 0. The van der Waals surface area contributed by atoms with Gasteiger partial charge in [-0.05, 0) is 18.3 Å². The highest BCUT2D eigenvalue weighted by Gasteiger charge is 2.21. The van der Waals surface area contributed by atoms with Gasteiger partial charge in [0.1, 0.15) is 0 Å². The molecule has 1 aliphatic carbocycles. The van der Waals surface area contributed by atoms with E-state index in [2.05, 4.69) is 31.2 Å². The van der Waals surface area contributed by atoms with Crippen LogP contribution in [0.1, 0.15) is 33.6 Å². The van der Waals surface area contributed by atoms with E-state index in [4.69, 9.17) is 4.74 Å². The van der Waals surface area contributed by atoms with Crippen LogP contribution in [-0.4, -0.2) is 12.6 Å². The van der Waals surface area contributed by atoms with Gasteiger partial charge in [0.05, 0.1) is 12.5 Å². The maximum Gasteiger partial charge on any atom is 0.308 e. The molecule has 0 aromatic carbocycles. The minimum atomic E-state index is -0.103. The summed E-state index contributed by atoms with van der Waals surface area (Å²) in [5.41, 5.74) is 0.159. The van der Waals surface area contributed by atoms with Crippen molar-refractivity contribution in [1.29, 1.82) is 0 Å². The van der Waals surface area contributed by atoms with Crippen LogP contribution < -0.4 is 0 Å². The highest BCUT2D eigenvalue weighted by molar-refractivity contribution is 5.71. The summed E-state index contributed by atoms with van der Waals surface area (Å²) in [6.45, 7) is 6.42. The van der Waals surface area contributed by atoms with Crippen molar-refractivity contribution in [3.63, 3.8) is 0 Å². The average Bonchev–Trinajstić information content (AvgIpc) is 2.18. The van der Waals surface area contributed by atoms with Crippen LogP contribution in [0.2, 0.25) is 0 Å². The van der Waals surface area contributed by atoms with Gasteiger partial charge in [-0.2, -0.15) is 0 Å². The molecule has 0 aromatic rings. The summed E-state index contributed by atoms with van der Waals surface area (Å²) in [6.07, 6.45) is 10.4. The first-order chi connectivity index (χ1) is 7.03. The van der Waals surface area contributed by atoms with Gasteiger partial charge in [0.2, 0.25) is 0 Å². The van der Waals surface area contributed by atoms with Crippen LogP contribution in [0.15, 0.2) is 24.3 Å². The van der Waals surface area contributed by atoms with Gasteiger partial charge in [-0.1, -0.05) is 45.1 Å². The molecular formula is C13H20O2. The van der Waals surface area contributed by atoms with Crippen LogP contribution in [-0.2, 0) is 9.53 Å². The fraction of sp³-hybridized carbons (Fsp3) is 0.615. The molecule has 1 unspecified atom stereocenters. The molecule has 0 saturated heterocycles. The smallest absolute Gasteiger partial charge is 0.308 e. The molecule has 2 heteroatoms. The maximum atomic E-state index is 11.2. The summed E-state index contributed by atoms with van der Waals surface area (Å²) >= 11 is 0. The molecule has 1 atom stereocenters. The first-order valence-electron chi connectivity index (χ1n) is 5.54. The van der Waals surface area contributed by atoms with E-state index in [1.807, 2.05) is 13.8 Å². The Morgan fingerprint density at radius 2 is 2.20 bits per heavy atom. The fourth-order valence-electron chi connectivity index (χ4n) is 1.51. The number of esters is 1. The molecule has 0 radical (unpaired) electrons. The molecule has 84 valence electrons. The lowest BCUT2D eigenvalue weighted by Gasteiger charge is -2.26. The van der Waals surface area contributed by atoms with E-state index in [1.165, 1.54) is 0 Å². The van der Waals surface area contributed by atoms with Crippen molar-refractivity contribution in [2.24, 2.45) is 11.3 Å². The maximum absolute atomic E-state index is 11.2. The van der Waals surface area contributed by atoms with Crippen molar-refractivity contribution in [3.8, 4) is 0 Å². The summed E-state index contributed by atoms with van der Waals surface area (Å²) < 4.78 is 5.17. The minimum absolute atomic E-state index is 0.0281. The Labute approximate surface area is 92.0 Å². The molecule has 1 aliphatic rings. The highest BCUT2D eigenvalue weighted by atomic mass is 16.5. The monoisotopic (exact) mass is 208 g/mol. The van der Waals surface area contributed by atoms with Crippen molar-refractivity contribution in [2.75, 3.05) is 6.61 Å². The number of carbonyl (C=O) groups is 1. The lowest BCUT2D eigenvalue weighted by Crippen LogP contribution is -2.20. The number of hydrogen-bond donors (Lipinski definition) is 0. The second kappa shape index (κ2) is 5.15. The zero-order valence-corrected chi connectivity index (χ0v) is 9.82. The summed E-state index contributed by atoms with van der Waals surface area (Å²) in [4.78, 5) is 11.2. The standard InChI is InChI=1S/C13H20O2/c1-11(2)12(14)15-10-9-13(3)7-5-4-6-8-13/h4-7,11H,8-10H2,1-3H3. The first-order valence-corrected chi connectivity index (χ1v) is 5.54. The Balaban J connectivity index is 2.28. The average molecular weight is 208 g/mol. The Morgan fingerprint density at radius 1 is 1.47 bits per heavy atom. The third-order valence-corrected chi connectivity index (χ3v) is 2.72.